The van der Waals surface area contributed by atoms with Gasteiger partial charge in [-0.2, -0.15) is 11.8 Å². The molecule has 0 radical (unpaired) electrons. The van der Waals surface area contributed by atoms with Crippen LogP contribution in [0.3, 0.4) is 0 Å². The van der Waals surface area contributed by atoms with Crippen molar-refractivity contribution in [1.82, 2.24) is 10.2 Å². The Hall–Kier alpha value is 0.270. The normalized spacial score (nSPS) is 28.7. The van der Waals surface area contributed by atoms with E-state index in [1.54, 1.807) is 0 Å². The van der Waals surface area contributed by atoms with Crippen molar-refractivity contribution >= 4 is 11.8 Å². The number of hydrogen-bond donors (Lipinski definition) is 1. The highest BCUT2D eigenvalue weighted by molar-refractivity contribution is 8.00. The third-order valence-electron chi connectivity index (χ3n) is 3.22. The van der Waals surface area contributed by atoms with E-state index in [0.717, 1.165) is 5.92 Å². The number of thioether (sulfide) groups is 1. The van der Waals surface area contributed by atoms with Gasteiger partial charge >= 0.3 is 0 Å². The summed E-state index contributed by atoms with van der Waals surface area (Å²) in [6.45, 7) is 11.1. The SMILES string of the molecule is CC1(C)CN(CCC2CNC2)CCS1. The Morgan fingerprint density at radius 2 is 2.21 bits per heavy atom. The van der Waals surface area contributed by atoms with E-state index in [1.165, 1.54) is 44.9 Å². The van der Waals surface area contributed by atoms with Crippen molar-refractivity contribution in [2.45, 2.75) is 25.0 Å². The fourth-order valence-corrected chi connectivity index (χ4v) is 3.40. The quantitative estimate of drug-likeness (QED) is 0.765. The van der Waals surface area contributed by atoms with Crippen LogP contribution in [0.15, 0.2) is 0 Å². The van der Waals surface area contributed by atoms with Crippen LogP contribution >= 0.6 is 11.8 Å². The van der Waals surface area contributed by atoms with Crippen molar-refractivity contribution in [2.24, 2.45) is 5.92 Å². The monoisotopic (exact) mass is 214 g/mol. The van der Waals surface area contributed by atoms with Gasteiger partial charge in [0.05, 0.1) is 0 Å². The lowest BCUT2D eigenvalue weighted by atomic mass is 9.99. The molecule has 0 spiro atoms. The summed E-state index contributed by atoms with van der Waals surface area (Å²) in [6, 6.07) is 0. The molecule has 0 amide bonds. The van der Waals surface area contributed by atoms with Gasteiger partial charge in [0.2, 0.25) is 0 Å². The van der Waals surface area contributed by atoms with Crippen LogP contribution in [0.5, 0.6) is 0 Å². The Morgan fingerprint density at radius 1 is 1.43 bits per heavy atom. The molecule has 3 heteroatoms. The lowest BCUT2D eigenvalue weighted by Gasteiger charge is -2.39. The smallest absolute Gasteiger partial charge is 0.0231 e. The first-order valence-electron chi connectivity index (χ1n) is 5.73. The summed E-state index contributed by atoms with van der Waals surface area (Å²) >= 11 is 2.12. The van der Waals surface area contributed by atoms with Gasteiger partial charge in [-0.25, -0.2) is 0 Å². The maximum Gasteiger partial charge on any atom is 0.0231 e. The van der Waals surface area contributed by atoms with E-state index < -0.39 is 0 Å². The lowest BCUT2D eigenvalue weighted by Crippen LogP contribution is -2.47. The third-order valence-corrected chi connectivity index (χ3v) is 4.52. The highest BCUT2D eigenvalue weighted by Gasteiger charge is 2.27. The van der Waals surface area contributed by atoms with Crippen LogP contribution in [0.1, 0.15) is 20.3 Å². The van der Waals surface area contributed by atoms with E-state index in [9.17, 15) is 0 Å². The molecule has 1 N–H and O–H groups in total. The zero-order chi connectivity index (χ0) is 10.0. The van der Waals surface area contributed by atoms with E-state index in [-0.39, 0.29) is 0 Å². The van der Waals surface area contributed by atoms with Crippen LogP contribution in [0, 0.1) is 5.92 Å². The average molecular weight is 214 g/mol. The molecule has 2 aliphatic heterocycles. The van der Waals surface area contributed by atoms with Crippen LogP contribution < -0.4 is 5.32 Å². The predicted octanol–water partition coefficient (Wildman–Crippen LogP) is 1.42. The first kappa shape index (κ1) is 10.8. The standard InChI is InChI=1S/C11H22N2S/c1-11(2)9-13(5-6-14-11)4-3-10-7-12-8-10/h10,12H,3-9H2,1-2H3. The number of nitrogens with zero attached hydrogens (tertiary/aromatic N) is 1. The van der Waals surface area contributed by atoms with Gasteiger partial charge in [0, 0.05) is 23.6 Å². The van der Waals surface area contributed by atoms with Crippen molar-refractivity contribution in [3.8, 4) is 0 Å². The van der Waals surface area contributed by atoms with Crippen molar-refractivity contribution in [3.63, 3.8) is 0 Å². The predicted molar refractivity (Wildman–Crippen MR) is 64.0 cm³/mol. The van der Waals surface area contributed by atoms with Crippen LogP contribution in [0.25, 0.3) is 0 Å². The molecular weight excluding hydrogens is 192 g/mol. The molecule has 2 heterocycles. The van der Waals surface area contributed by atoms with Gasteiger partial charge < -0.3 is 10.2 Å². The summed E-state index contributed by atoms with van der Waals surface area (Å²) in [4.78, 5) is 2.65. The van der Waals surface area contributed by atoms with Crippen LogP contribution in [-0.2, 0) is 0 Å². The van der Waals surface area contributed by atoms with Gasteiger partial charge in [0.1, 0.15) is 0 Å². The Labute approximate surface area is 91.8 Å². The van der Waals surface area contributed by atoms with Crippen molar-refractivity contribution in [2.75, 3.05) is 38.5 Å². The van der Waals surface area contributed by atoms with Crippen molar-refractivity contribution in [3.05, 3.63) is 0 Å². The summed E-state index contributed by atoms with van der Waals surface area (Å²) in [5.74, 6) is 2.28. The largest absolute Gasteiger partial charge is 0.316 e. The molecule has 0 atom stereocenters. The van der Waals surface area contributed by atoms with E-state index in [1.807, 2.05) is 0 Å². The number of hydrogen-bond acceptors (Lipinski definition) is 3. The van der Waals surface area contributed by atoms with Gasteiger partial charge in [0.15, 0.2) is 0 Å². The maximum atomic E-state index is 3.34. The van der Waals surface area contributed by atoms with E-state index >= 15 is 0 Å². The molecule has 0 aromatic heterocycles. The Kier molecular flexibility index (Phi) is 3.40. The molecule has 0 bridgehead atoms. The van der Waals surface area contributed by atoms with E-state index in [2.05, 4.69) is 35.8 Å². The molecule has 0 aromatic carbocycles. The molecule has 2 fully saturated rings. The molecular formula is C11H22N2S. The van der Waals surface area contributed by atoms with Gasteiger partial charge in [-0.1, -0.05) is 0 Å². The average Bonchev–Trinajstić information content (AvgIpc) is 1.99. The topological polar surface area (TPSA) is 15.3 Å². The first-order chi connectivity index (χ1) is 6.66. The molecule has 2 saturated heterocycles. The molecule has 2 nitrogen and oxygen atoms in total. The Bertz CT molecular complexity index is 190. The minimum absolute atomic E-state index is 0.482. The van der Waals surface area contributed by atoms with Gasteiger partial charge in [-0.15, -0.1) is 0 Å². The second-order valence-electron chi connectivity index (χ2n) is 5.20. The minimum Gasteiger partial charge on any atom is -0.316 e. The van der Waals surface area contributed by atoms with Gasteiger partial charge in [-0.05, 0) is 45.8 Å². The summed E-state index contributed by atoms with van der Waals surface area (Å²) < 4.78 is 0.482. The molecule has 0 saturated carbocycles. The van der Waals surface area contributed by atoms with Gasteiger partial charge in [0.25, 0.3) is 0 Å². The van der Waals surface area contributed by atoms with Crippen molar-refractivity contribution < 1.29 is 0 Å². The summed E-state index contributed by atoms with van der Waals surface area (Å²) in [7, 11) is 0. The highest BCUT2D eigenvalue weighted by atomic mass is 32.2. The lowest BCUT2D eigenvalue weighted by molar-refractivity contribution is 0.218. The fourth-order valence-electron chi connectivity index (χ4n) is 2.22. The van der Waals surface area contributed by atoms with Crippen LogP contribution in [-0.4, -0.2) is 48.1 Å². The second-order valence-corrected chi connectivity index (χ2v) is 7.00. The molecule has 0 unspecified atom stereocenters. The van der Waals surface area contributed by atoms with E-state index in [4.69, 9.17) is 0 Å². The molecule has 2 rings (SSSR count). The molecule has 2 aliphatic rings. The Morgan fingerprint density at radius 3 is 2.79 bits per heavy atom. The zero-order valence-corrected chi connectivity index (χ0v) is 10.2. The van der Waals surface area contributed by atoms with Crippen molar-refractivity contribution in [1.29, 1.82) is 0 Å². The molecule has 0 aromatic rings. The fraction of sp³-hybridized carbons (Fsp3) is 1.00. The molecule has 0 aliphatic carbocycles. The van der Waals surface area contributed by atoms with Crippen LogP contribution in [0.4, 0.5) is 0 Å². The summed E-state index contributed by atoms with van der Waals surface area (Å²) in [5.41, 5.74) is 0. The third kappa shape index (κ3) is 2.88. The number of nitrogens with one attached hydrogen (secondary N) is 1. The second kappa shape index (κ2) is 4.42. The molecule has 82 valence electrons. The summed E-state index contributed by atoms with van der Waals surface area (Å²) in [6.07, 6.45) is 1.40. The number of rotatable bonds is 3. The van der Waals surface area contributed by atoms with Gasteiger partial charge in [-0.3, -0.25) is 0 Å². The zero-order valence-electron chi connectivity index (χ0n) is 9.38. The van der Waals surface area contributed by atoms with E-state index in [0.29, 0.717) is 4.75 Å². The maximum absolute atomic E-state index is 3.34. The molecule has 14 heavy (non-hydrogen) atoms. The first-order valence-corrected chi connectivity index (χ1v) is 6.71. The Balaban J connectivity index is 1.69. The summed E-state index contributed by atoms with van der Waals surface area (Å²) in [5, 5.41) is 3.34. The highest BCUT2D eigenvalue weighted by Crippen LogP contribution is 2.29. The van der Waals surface area contributed by atoms with Crippen LogP contribution in [0.2, 0.25) is 0 Å². The minimum atomic E-state index is 0.482.